The van der Waals surface area contributed by atoms with Crippen molar-refractivity contribution in [2.75, 3.05) is 6.54 Å². The average Bonchev–Trinajstić information content (AvgIpc) is 2.80. The van der Waals surface area contributed by atoms with E-state index in [1.54, 1.807) is 6.07 Å². The molecule has 134 valence electrons. The Morgan fingerprint density at radius 3 is 2.72 bits per heavy atom. The van der Waals surface area contributed by atoms with E-state index in [0.29, 0.717) is 22.9 Å². The van der Waals surface area contributed by atoms with E-state index in [2.05, 4.69) is 26.6 Å². The molecule has 0 bridgehead atoms. The highest BCUT2D eigenvalue weighted by Gasteiger charge is 2.51. The number of hydrogen-bond acceptors (Lipinski definition) is 3. The average molecular weight is 412 g/mol. The molecule has 6 nitrogen and oxygen atoms in total. The Balaban J connectivity index is 1.60. The Kier molecular flexibility index (Phi) is 5.08. The van der Waals surface area contributed by atoms with E-state index >= 15 is 0 Å². The third-order valence-electron chi connectivity index (χ3n) is 4.74. The van der Waals surface area contributed by atoms with Gasteiger partial charge in [-0.1, -0.05) is 35.2 Å². The van der Waals surface area contributed by atoms with Crippen LogP contribution in [0.2, 0.25) is 0 Å². The molecule has 3 rings (SSSR count). The van der Waals surface area contributed by atoms with Gasteiger partial charge < -0.3 is 10.6 Å². The van der Waals surface area contributed by atoms with Crippen molar-refractivity contribution in [3.63, 3.8) is 0 Å². The summed E-state index contributed by atoms with van der Waals surface area (Å²) in [7, 11) is 0. The zero-order chi connectivity index (χ0) is 18.0. The van der Waals surface area contributed by atoms with Gasteiger partial charge in [-0.2, -0.15) is 0 Å². The molecule has 1 aliphatic heterocycles. The number of imide groups is 1. The quantitative estimate of drug-likeness (QED) is 0.746. The maximum Gasteiger partial charge on any atom is 0.325 e. The number of carbonyl (C=O) groups is 3. The maximum absolute atomic E-state index is 13.3. The fraction of sp³-hybridized carbons (Fsp3) is 0.471. The number of rotatable bonds is 4. The van der Waals surface area contributed by atoms with Crippen molar-refractivity contribution in [2.45, 2.75) is 44.2 Å². The van der Waals surface area contributed by atoms with Crippen LogP contribution in [0.3, 0.4) is 0 Å². The fourth-order valence-electron chi connectivity index (χ4n) is 3.39. The van der Waals surface area contributed by atoms with Crippen molar-refractivity contribution in [3.05, 3.63) is 34.1 Å². The second-order valence-corrected chi connectivity index (χ2v) is 7.33. The van der Waals surface area contributed by atoms with Gasteiger partial charge in [0.25, 0.3) is 5.91 Å². The smallest absolute Gasteiger partial charge is 0.325 e. The van der Waals surface area contributed by atoms with Crippen LogP contribution in [0.4, 0.5) is 9.18 Å². The Bertz CT molecular complexity index is 719. The van der Waals surface area contributed by atoms with Crippen LogP contribution >= 0.6 is 15.9 Å². The molecule has 1 heterocycles. The van der Waals surface area contributed by atoms with Gasteiger partial charge in [0.15, 0.2) is 0 Å². The summed E-state index contributed by atoms with van der Waals surface area (Å²) in [5, 5.41) is 5.38. The molecule has 0 aromatic heterocycles. The lowest BCUT2D eigenvalue weighted by atomic mass is 9.82. The van der Waals surface area contributed by atoms with Crippen LogP contribution in [-0.2, 0) is 16.1 Å². The molecule has 2 N–H and O–H groups in total. The second-order valence-electron chi connectivity index (χ2n) is 6.48. The summed E-state index contributed by atoms with van der Waals surface area (Å²) in [6.45, 7) is -0.231. The number of hydrogen-bond donors (Lipinski definition) is 2. The van der Waals surface area contributed by atoms with Crippen molar-refractivity contribution in [2.24, 2.45) is 0 Å². The molecule has 0 atom stereocenters. The van der Waals surface area contributed by atoms with E-state index in [4.69, 9.17) is 0 Å². The molecular formula is C17H19BrFN3O3. The van der Waals surface area contributed by atoms with Crippen molar-refractivity contribution >= 4 is 33.8 Å². The molecule has 0 unspecified atom stereocenters. The molecule has 2 fully saturated rings. The normalized spacial score (nSPS) is 19.2. The molecular weight excluding hydrogens is 393 g/mol. The van der Waals surface area contributed by atoms with Gasteiger partial charge in [0.1, 0.15) is 17.9 Å². The first-order chi connectivity index (χ1) is 11.9. The van der Waals surface area contributed by atoms with E-state index in [1.807, 2.05) is 0 Å². The van der Waals surface area contributed by atoms with Gasteiger partial charge >= 0.3 is 6.03 Å². The lowest BCUT2D eigenvalue weighted by Gasteiger charge is -2.30. The lowest BCUT2D eigenvalue weighted by Crippen LogP contribution is -2.49. The molecule has 8 heteroatoms. The van der Waals surface area contributed by atoms with Crippen LogP contribution in [0.25, 0.3) is 0 Å². The number of urea groups is 1. The van der Waals surface area contributed by atoms with Crippen LogP contribution in [0.5, 0.6) is 0 Å². The van der Waals surface area contributed by atoms with E-state index in [1.165, 1.54) is 12.1 Å². The summed E-state index contributed by atoms with van der Waals surface area (Å²) >= 11 is 3.29. The van der Waals surface area contributed by atoms with E-state index in [9.17, 15) is 18.8 Å². The highest BCUT2D eigenvalue weighted by molar-refractivity contribution is 9.10. The highest BCUT2D eigenvalue weighted by atomic mass is 79.9. The van der Waals surface area contributed by atoms with Crippen LogP contribution in [0.15, 0.2) is 22.7 Å². The Morgan fingerprint density at radius 1 is 1.28 bits per heavy atom. The van der Waals surface area contributed by atoms with Crippen molar-refractivity contribution < 1.29 is 18.8 Å². The molecule has 1 saturated carbocycles. The predicted molar refractivity (Wildman–Crippen MR) is 92.0 cm³/mol. The lowest BCUT2D eigenvalue weighted by molar-refractivity contribution is -0.135. The number of amides is 4. The number of nitrogens with zero attached hydrogens (tertiary/aromatic N) is 1. The van der Waals surface area contributed by atoms with Gasteiger partial charge in [0, 0.05) is 11.0 Å². The third-order valence-corrected chi connectivity index (χ3v) is 5.51. The van der Waals surface area contributed by atoms with Gasteiger partial charge in [-0.3, -0.25) is 14.5 Å². The fourth-order valence-corrected chi connectivity index (χ4v) is 3.77. The second kappa shape index (κ2) is 7.11. The molecule has 1 saturated heterocycles. The van der Waals surface area contributed by atoms with Gasteiger partial charge in [0.2, 0.25) is 5.91 Å². The summed E-state index contributed by atoms with van der Waals surface area (Å²) in [6.07, 6.45) is 4.06. The van der Waals surface area contributed by atoms with Gasteiger partial charge in [-0.15, -0.1) is 0 Å². The third kappa shape index (κ3) is 3.68. The van der Waals surface area contributed by atoms with Crippen molar-refractivity contribution in [3.8, 4) is 0 Å². The van der Waals surface area contributed by atoms with Crippen LogP contribution in [-0.4, -0.2) is 34.8 Å². The minimum Gasteiger partial charge on any atom is -0.350 e. The Morgan fingerprint density at radius 2 is 2.00 bits per heavy atom. The van der Waals surface area contributed by atoms with Crippen molar-refractivity contribution in [1.82, 2.24) is 15.5 Å². The summed E-state index contributed by atoms with van der Waals surface area (Å²) < 4.78 is 13.9. The van der Waals surface area contributed by atoms with E-state index in [-0.39, 0.29) is 19.0 Å². The number of nitrogens with one attached hydrogen (secondary N) is 2. The van der Waals surface area contributed by atoms with Gasteiger partial charge in [-0.25, -0.2) is 9.18 Å². The first-order valence-corrected chi connectivity index (χ1v) is 9.05. The van der Waals surface area contributed by atoms with Gasteiger partial charge in [-0.05, 0) is 36.6 Å². The number of benzene rings is 1. The van der Waals surface area contributed by atoms with E-state index < -0.39 is 23.3 Å². The zero-order valence-corrected chi connectivity index (χ0v) is 15.2. The van der Waals surface area contributed by atoms with Crippen molar-refractivity contribution in [1.29, 1.82) is 0 Å². The summed E-state index contributed by atoms with van der Waals surface area (Å²) in [5.74, 6) is -1.19. The molecule has 4 amide bonds. The standard InChI is InChI=1S/C17H19BrFN3O3/c18-13-5-4-12(19)8-11(13)9-20-14(23)10-22-15(24)17(21-16(22)25)6-2-1-3-7-17/h4-5,8H,1-3,6-7,9-10H2,(H,20,23)(H,21,25). The topological polar surface area (TPSA) is 78.5 Å². The summed E-state index contributed by atoms with van der Waals surface area (Å²) in [4.78, 5) is 37.8. The van der Waals surface area contributed by atoms with Crippen LogP contribution in [0, 0.1) is 5.82 Å². The minimum absolute atomic E-state index is 0.103. The zero-order valence-electron chi connectivity index (χ0n) is 13.6. The number of carbonyl (C=O) groups excluding carboxylic acids is 3. The van der Waals surface area contributed by atoms with Gasteiger partial charge in [0.05, 0.1) is 0 Å². The summed E-state index contributed by atoms with van der Waals surface area (Å²) in [6, 6.07) is 3.66. The first kappa shape index (κ1) is 17.8. The van der Waals surface area contributed by atoms with E-state index in [0.717, 1.165) is 24.2 Å². The molecule has 25 heavy (non-hydrogen) atoms. The van der Waals surface area contributed by atoms with Crippen LogP contribution < -0.4 is 10.6 Å². The molecule has 0 radical (unpaired) electrons. The minimum atomic E-state index is -0.832. The highest BCUT2D eigenvalue weighted by Crippen LogP contribution is 2.33. The molecule has 1 spiro atoms. The maximum atomic E-state index is 13.3. The largest absolute Gasteiger partial charge is 0.350 e. The molecule has 1 aromatic carbocycles. The molecule has 1 aromatic rings. The first-order valence-electron chi connectivity index (χ1n) is 8.26. The number of halogens is 2. The summed E-state index contributed by atoms with van der Waals surface area (Å²) in [5.41, 5.74) is -0.254. The Hall–Kier alpha value is -1.96. The molecule has 2 aliphatic rings. The predicted octanol–water partition coefficient (Wildman–Crippen LogP) is 2.46. The van der Waals surface area contributed by atoms with Crippen LogP contribution in [0.1, 0.15) is 37.7 Å². The monoisotopic (exact) mass is 411 g/mol. The SMILES string of the molecule is O=C(CN1C(=O)NC2(CCCCC2)C1=O)NCc1cc(F)ccc1Br. The Labute approximate surface area is 153 Å². The molecule has 1 aliphatic carbocycles.